The van der Waals surface area contributed by atoms with Crippen LogP contribution in [-0.4, -0.2) is 42.6 Å². The first-order valence-electron chi connectivity index (χ1n) is 7.23. The van der Waals surface area contributed by atoms with Crippen LogP contribution in [0.1, 0.15) is 13.3 Å². The van der Waals surface area contributed by atoms with E-state index in [9.17, 15) is 9.59 Å². The summed E-state index contributed by atoms with van der Waals surface area (Å²) in [6.07, 6.45) is 2.23. The van der Waals surface area contributed by atoms with E-state index >= 15 is 0 Å². The number of ether oxygens (including phenoxy) is 1. The van der Waals surface area contributed by atoms with E-state index in [1.165, 1.54) is 22.7 Å². The number of nitrogens with one attached hydrogen (secondary N) is 1. The van der Waals surface area contributed by atoms with Gasteiger partial charge in [-0.05, 0) is 42.4 Å². The highest BCUT2D eigenvalue weighted by atomic mass is 32.2. The number of anilines is 1. The molecule has 0 unspecified atom stereocenters. The quantitative estimate of drug-likeness (QED) is 0.841. The Hall–Kier alpha value is -2.28. The summed E-state index contributed by atoms with van der Waals surface area (Å²) < 4.78 is 5.48. The Labute approximate surface area is 139 Å². The lowest BCUT2D eigenvalue weighted by molar-refractivity contribution is -0.121. The SMILES string of the molecule is CCCOc1ccc(NC(=O)/C=C2/SC(=NC)N(C)C2=O)cc1. The third-order valence-corrected chi connectivity index (χ3v) is 4.20. The first-order valence-corrected chi connectivity index (χ1v) is 8.05. The van der Waals surface area contributed by atoms with Crippen LogP contribution in [0.25, 0.3) is 0 Å². The van der Waals surface area contributed by atoms with Crippen LogP contribution in [0.2, 0.25) is 0 Å². The molecule has 2 rings (SSSR count). The lowest BCUT2D eigenvalue weighted by atomic mass is 10.3. The van der Waals surface area contributed by atoms with Crippen LogP contribution >= 0.6 is 11.8 Å². The number of carbonyl (C=O) groups excluding carboxylic acids is 2. The van der Waals surface area contributed by atoms with Crippen molar-refractivity contribution in [1.82, 2.24) is 4.90 Å². The third kappa shape index (κ3) is 4.35. The van der Waals surface area contributed by atoms with Crippen molar-refractivity contribution in [2.45, 2.75) is 13.3 Å². The Kier molecular flexibility index (Phi) is 5.81. The summed E-state index contributed by atoms with van der Waals surface area (Å²) in [4.78, 5) is 29.8. The average molecular weight is 333 g/mol. The van der Waals surface area contributed by atoms with E-state index in [2.05, 4.69) is 10.3 Å². The molecular weight excluding hydrogens is 314 g/mol. The van der Waals surface area contributed by atoms with Crippen LogP contribution in [0.5, 0.6) is 5.75 Å². The minimum Gasteiger partial charge on any atom is -0.494 e. The summed E-state index contributed by atoms with van der Waals surface area (Å²) in [6, 6.07) is 7.11. The molecule has 1 saturated heterocycles. The first kappa shape index (κ1) is 17.1. The molecule has 6 nitrogen and oxygen atoms in total. The lowest BCUT2D eigenvalue weighted by Gasteiger charge is -2.06. The highest BCUT2D eigenvalue weighted by Gasteiger charge is 2.30. The average Bonchev–Trinajstić information content (AvgIpc) is 2.82. The molecule has 7 heteroatoms. The predicted octanol–water partition coefficient (Wildman–Crippen LogP) is 2.49. The topological polar surface area (TPSA) is 71.0 Å². The molecule has 1 fully saturated rings. The van der Waals surface area contributed by atoms with Crippen molar-refractivity contribution >= 4 is 34.4 Å². The van der Waals surface area contributed by atoms with Gasteiger partial charge in [-0.25, -0.2) is 0 Å². The van der Waals surface area contributed by atoms with Gasteiger partial charge in [0.1, 0.15) is 5.75 Å². The van der Waals surface area contributed by atoms with Gasteiger partial charge in [0.05, 0.1) is 11.5 Å². The molecular formula is C16H19N3O3S. The van der Waals surface area contributed by atoms with Crippen LogP contribution in [-0.2, 0) is 9.59 Å². The van der Waals surface area contributed by atoms with Gasteiger partial charge in [0.15, 0.2) is 5.17 Å². The van der Waals surface area contributed by atoms with Gasteiger partial charge in [-0.15, -0.1) is 0 Å². The van der Waals surface area contributed by atoms with Crippen molar-refractivity contribution in [3.8, 4) is 5.75 Å². The fraction of sp³-hybridized carbons (Fsp3) is 0.312. The van der Waals surface area contributed by atoms with Crippen LogP contribution < -0.4 is 10.1 Å². The second-order valence-electron chi connectivity index (χ2n) is 4.84. The molecule has 2 amide bonds. The van der Waals surface area contributed by atoms with Gasteiger partial charge in [-0.2, -0.15) is 0 Å². The number of rotatable bonds is 5. The first-order chi connectivity index (χ1) is 11.0. The van der Waals surface area contributed by atoms with E-state index in [-0.39, 0.29) is 11.8 Å². The second-order valence-corrected chi connectivity index (χ2v) is 5.85. The molecule has 1 N–H and O–H groups in total. The van der Waals surface area contributed by atoms with Gasteiger partial charge in [0.2, 0.25) is 5.91 Å². The summed E-state index contributed by atoms with van der Waals surface area (Å²) in [6.45, 7) is 2.70. The maximum Gasteiger partial charge on any atom is 0.266 e. The van der Waals surface area contributed by atoms with E-state index in [1.54, 1.807) is 38.4 Å². The van der Waals surface area contributed by atoms with E-state index in [0.29, 0.717) is 22.4 Å². The molecule has 0 saturated carbocycles. The van der Waals surface area contributed by atoms with Gasteiger partial charge in [0, 0.05) is 25.9 Å². The van der Waals surface area contributed by atoms with Crippen molar-refractivity contribution in [2.24, 2.45) is 4.99 Å². The molecule has 1 heterocycles. The normalized spacial score (nSPS) is 17.9. The molecule has 0 aromatic heterocycles. The van der Waals surface area contributed by atoms with Crippen LogP contribution in [0.15, 0.2) is 40.2 Å². The molecule has 0 spiro atoms. The minimum atomic E-state index is -0.353. The van der Waals surface area contributed by atoms with Crippen molar-refractivity contribution in [1.29, 1.82) is 0 Å². The summed E-state index contributed by atoms with van der Waals surface area (Å²) in [5.74, 6) is 0.179. The summed E-state index contributed by atoms with van der Waals surface area (Å²) in [5.41, 5.74) is 0.642. The maximum atomic E-state index is 12.0. The third-order valence-electron chi connectivity index (χ3n) is 3.05. The largest absolute Gasteiger partial charge is 0.494 e. The molecule has 1 aliphatic heterocycles. The smallest absolute Gasteiger partial charge is 0.266 e. The van der Waals surface area contributed by atoms with Gasteiger partial charge >= 0.3 is 0 Å². The number of amides is 2. The number of nitrogens with zero attached hydrogens (tertiary/aromatic N) is 2. The van der Waals surface area contributed by atoms with Crippen molar-refractivity contribution in [2.75, 3.05) is 26.0 Å². The maximum absolute atomic E-state index is 12.0. The fourth-order valence-electron chi connectivity index (χ4n) is 1.90. The van der Waals surface area contributed by atoms with E-state index in [0.717, 1.165) is 12.2 Å². The number of likely N-dealkylation sites (N-methyl/N-ethyl adjacent to an activating group) is 1. The monoisotopic (exact) mass is 333 g/mol. The van der Waals surface area contributed by atoms with E-state index < -0.39 is 0 Å². The second kappa shape index (κ2) is 7.82. The predicted molar refractivity (Wildman–Crippen MR) is 92.7 cm³/mol. The number of benzene rings is 1. The number of amidine groups is 1. The number of thioether (sulfide) groups is 1. The zero-order valence-corrected chi connectivity index (χ0v) is 14.1. The standard InChI is InChI=1S/C16H19N3O3S/c1-4-9-22-12-7-5-11(6-8-12)18-14(20)10-13-15(21)19(3)16(17-2)23-13/h5-8,10H,4,9H2,1-3H3,(H,18,20)/b13-10+,17-16?. The van der Waals surface area contributed by atoms with Crippen molar-refractivity contribution in [3.63, 3.8) is 0 Å². The Morgan fingerprint density at radius 1 is 1.39 bits per heavy atom. The minimum absolute atomic E-state index is 0.228. The molecule has 1 aliphatic rings. The molecule has 1 aromatic carbocycles. The van der Waals surface area contributed by atoms with Crippen molar-refractivity contribution in [3.05, 3.63) is 35.2 Å². The van der Waals surface area contributed by atoms with E-state index in [1.807, 2.05) is 6.92 Å². The zero-order chi connectivity index (χ0) is 16.8. The number of aliphatic imine (C=N–C) groups is 1. The molecule has 0 aliphatic carbocycles. The van der Waals surface area contributed by atoms with Crippen LogP contribution in [0.4, 0.5) is 5.69 Å². The Balaban J connectivity index is 1.99. The number of hydrogen-bond donors (Lipinski definition) is 1. The van der Waals surface area contributed by atoms with E-state index in [4.69, 9.17) is 4.74 Å². The Morgan fingerprint density at radius 3 is 2.65 bits per heavy atom. The fourth-order valence-corrected chi connectivity index (χ4v) is 2.80. The van der Waals surface area contributed by atoms with Gasteiger partial charge < -0.3 is 10.1 Å². The molecule has 122 valence electrons. The molecule has 0 atom stereocenters. The van der Waals surface area contributed by atoms with Crippen LogP contribution in [0, 0.1) is 0 Å². The summed E-state index contributed by atoms with van der Waals surface area (Å²) in [5, 5.41) is 3.30. The summed E-state index contributed by atoms with van der Waals surface area (Å²) >= 11 is 1.18. The van der Waals surface area contributed by atoms with Gasteiger partial charge in [0.25, 0.3) is 5.91 Å². The summed E-state index contributed by atoms with van der Waals surface area (Å²) in [7, 11) is 3.24. The molecule has 1 aromatic rings. The van der Waals surface area contributed by atoms with Crippen LogP contribution in [0.3, 0.4) is 0 Å². The lowest BCUT2D eigenvalue weighted by Crippen LogP contribution is -2.24. The van der Waals surface area contributed by atoms with Gasteiger partial charge in [-0.1, -0.05) is 6.92 Å². The number of carbonyl (C=O) groups is 2. The number of hydrogen-bond acceptors (Lipinski definition) is 5. The Morgan fingerprint density at radius 2 is 2.09 bits per heavy atom. The molecule has 0 bridgehead atoms. The highest BCUT2D eigenvalue weighted by molar-refractivity contribution is 8.18. The molecule has 23 heavy (non-hydrogen) atoms. The Bertz CT molecular complexity index is 653. The zero-order valence-electron chi connectivity index (χ0n) is 13.3. The van der Waals surface area contributed by atoms with Crippen molar-refractivity contribution < 1.29 is 14.3 Å². The highest BCUT2D eigenvalue weighted by Crippen LogP contribution is 2.29. The van der Waals surface area contributed by atoms with Gasteiger partial charge in [-0.3, -0.25) is 19.5 Å². The molecule has 0 radical (unpaired) electrons.